The van der Waals surface area contributed by atoms with Gasteiger partial charge in [-0.1, -0.05) is 0 Å². The topological polar surface area (TPSA) is 41.6 Å². The first kappa shape index (κ1) is 8.85. The minimum absolute atomic E-state index is 0.735. The Labute approximate surface area is 80.0 Å². The Hall–Kier alpha value is -0.730. The van der Waals surface area contributed by atoms with E-state index in [1.807, 2.05) is 0 Å². The second kappa shape index (κ2) is 3.56. The van der Waals surface area contributed by atoms with Crippen molar-refractivity contribution in [3.05, 3.63) is 0 Å². The first-order chi connectivity index (χ1) is 6.29. The van der Waals surface area contributed by atoms with E-state index in [0.717, 1.165) is 30.9 Å². The Kier molecular flexibility index (Phi) is 2.42. The van der Waals surface area contributed by atoms with E-state index in [2.05, 4.69) is 9.89 Å². The first-order valence-corrected chi connectivity index (χ1v) is 5.27. The summed E-state index contributed by atoms with van der Waals surface area (Å²) in [6.07, 6.45) is 5.55. The monoisotopic (exact) mass is 181 g/mol. The summed E-state index contributed by atoms with van der Waals surface area (Å²) in [5, 5.41) is 0. The van der Waals surface area contributed by atoms with Gasteiger partial charge in [-0.3, -0.25) is 4.99 Å². The maximum atomic E-state index is 5.85. The normalized spacial score (nSPS) is 23.3. The van der Waals surface area contributed by atoms with Crippen LogP contribution in [0, 0.1) is 11.8 Å². The molecule has 0 bridgehead atoms. The standard InChI is InChI=1S/C10H19N3/c1-12-10(11)13(6-8-2-3-8)7-9-4-5-9/h8-9H,2-7H2,1H3,(H2,11,12). The predicted molar refractivity (Wildman–Crippen MR) is 54.6 cm³/mol. The van der Waals surface area contributed by atoms with Gasteiger partial charge in [0.15, 0.2) is 5.96 Å². The number of hydrogen-bond donors (Lipinski definition) is 1. The van der Waals surface area contributed by atoms with Crippen molar-refractivity contribution in [1.82, 2.24) is 4.90 Å². The summed E-state index contributed by atoms with van der Waals surface area (Å²) < 4.78 is 0. The van der Waals surface area contributed by atoms with Gasteiger partial charge in [0.2, 0.25) is 0 Å². The van der Waals surface area contributed by atoms with Crippen molar-refractivity contribution in [2.24, 2.45) is 22.6 Å². The summed E-state index contributed by atoms with van der Waals surface area (Å²) in [6.45, 7) is 2.28. The van der Waals surface area contributed by atoms with Crippen LogP contribution in [0.3, 0.4) is 0 Å². The zero-order valence-corrected chi connectivity index (χ0v) is 8.37. The highest BCUT2D eigenvalue weighted by Crippen LogP contribution is 2.33. The summed E-state index contributed by atoms with van der Waals surface area (Å²) in [5.41, 5.74) is 5.85. The molecule has 0 amide bonds. The van der Waals surface area contributed by atoms with E-state index >= 15 is 0 Å². The van der Waals surface area contributed by atoms with Crippen LogP contribution in [-0.2, 0) is 0 Å². The van der Waals surface area contributed by atoms with Crippen LogP contribution in [0.25, 0.3) is 0 Å². The van der Waals surface area contributed by atoms with Crippen LogP contribution in [0.2, 0.25) is 0 Å². The average molecular weight is 181 g/mol. The van der Waals surface area contributed by atoms with Crippen LogP contribution in [-0.4, -0.2) is 31.0 Å². The van der Waals surface area contributed by atoms with E-state index in [-0.39, 0.29) is 0 Å². The predicted octanol–water partition coefficient (Wildman–Crippen LogP) is 1.05. The van der Waals surface area contributed by atoms with Crippen LogP contribution in [0.1, 0.15) is 25.7 Å². The quantitative estimate of drug-likeness (QED) is 0.520. The molecule has 0 aliphatic heterocycles. The molecule has 0 aromatic rings. The largest absolute Gasteiger partial charge is 0.370 e. The summed E-state index contributed by atoms with van der Waals surface area (Å²) >= 11 is 0. The summed E-state index contributed by atoms with van der Waals surface area (Å²) in [5.74, 6) is 2.54. The fourth-order valence-corrected chi connectivity index (χ4v) is 1.63. The maximum absolute atomic E-state index is 5.85. The van der Waals surface area contributed by atoms with Crippen molar-refractivity contribution in [2.45, 2.75) is 25.7 Å². The first-order valence-electron chi connectivity index (χ1n) is 5.27. The highest BCUT2D eigenvalue weighted by molar-refractivity contribution is 5.78. The molecule has 0 atom stereocenters. The van der Waals surface area contributed by atoms with Gasteiger partial charge in [-0.25, -0.2) is 0 Å². The van der Waals surface area contributed by atoms with Gasteiger partial charge < -0.3 is 10.6 Å². The van der Waals surface area contributed by atoms with E-state index in [9.17, 15) is 0 Å². The molecule has 74 valence electrons. The van der Waals surface area contributed by atoms with Crippen LogP contribution < -0.4 is 5.73 Å². The summed E-state index contributed by atoms with van der Waals surface area (Å²) in [4.78, 5) is 6.34. The molecule has 3 heteroatoms. The number of nitrogens with two attached hydrogens (primary N) is 1. The van der Waals surface area contributed by atoms with Crippen molar-refractivity contribution in [3.63, 3.8) is 0 Å². The lowest BCUT2D eigenvalue weighted by molar-refractivity contribution is 0.378. The lowest BCUT2D eigenvalue weighted by Gasteiger charge is -2.23. The van der Waals surface area contributed by atoms with E-state index in [4.69, 9.17) is 5.73 Å². The molecule has 0 aromatic heterocycles. The van der Waals surface area contributed by atoms with Crippen LogP contribution in [0.15, 0.2) is 4.99 Å². The second-order valence-electron chi connectivity index (χ2n) is 4.37. The Bertz CT molecular complexity index is 190. The third-order valence-electron chi connectivity index (χ3n) is 2.90. The van der Waals surface area contributed by atoms with Crippen molar-refractivity contribution in [1.29, 1.82) is 0 Å². The molecule has 0 spiro atoms. The molecular weight excluding hydrogens is 162 g/mol. The third-order valence-corrected chi connectivity index (χ3v) is 2.90. The van der Waals surface area contributed by atoms with Gasteiger partial charge in [0, 0.05) is 20.1 Å². The van der Waals surface area contributed by atoms with Crippen molar-refractivity contribution >= 4 is 5.96 Å². The van der Waals surface area contributed by atoms with Crippen LogP contribution >= 0.6 is 0 Å². The zero-order valence-electron chi connectivity index (χ0n) is 8.37. The van der Waals surface area contributed by atoms with Crippen molar-refractivity contribution in [3.8, 4) is 0 Å². The number of rotatable bonds is 4. The van der Waals surface area contributed by atoms with Gasteiger partial charge in [0.05, 0.1) is 0 Å². The number of nitrogens with zero attached hydrogens (tertiary/aromatic N) is 2. The molecule has 3 nitrogen and oxygen atoms in total. The highest BCUT2D eigenvalue weighted by Gasteiger charge is 2.29. The van der Waals surface area contributed by atoms with Crippen LogP contribution in [0.5, 0.6) is 0 Å². The van der Waals surface area contributed by atoms with E-state index in [1.165, 1.54) is 25.7 Å². The molecule has 2 saturated carbocycles. The van der Waals surface area contributed by atoms with E-state index < -0.39 is 0 Å². The van der Waals surface area contributed by atoms with Gasteiger partial charge in [-0.05, 0) is 37.5 Å². The molecule has 0 heterocycles. The fraction of sp³-hybridized carbons (Fsp3) is 0.900. The summed E-state index contributed by atoms with van der Waals surface area (Å²) in [7, 11) is 1.78. The van der Waals surface area contributed by atoms with Crippen LogP contribution in [0.4, 0.5) is 0 Å². The minimum Gasteiger partial charge on any atom is -0.370 e. The average Bonchev–Trinajstić information content (AvgIpc) is 2.94. The Morgan fingerprint density at radius 2 is 1.69 bits per heavy atom. The Morgan fingerprint density at radius 3 is 2.00 bits per heavy atom. The summed E-state index contributed by atoms with van der Waals surface area (Å²) in [6, 6.07) is 0. The molecule has 0 unspecified atom stereocenters. The maximum Gasteiger partial charge on any atom is 0.190 e. The molecular formula is C10H19N3. The third kappa shape index (κ3) is 2.61. The van der Waals surface area contributed by atoms with Crippen molar-refractivity contribution in [2.75, 3.05) is 20.1 Å². The van der Waals surface area contributed by atoms with Crippen molar-refractivity contribution < 1.29 is 0 Å². The molecule has 13 heavy (non-hydrogen) atoms. The van der Waals surface area contributed by atoms with Gasteiger partial charge in [-0.15, -0.1) is 0 Å². The lowest BCUT2D eigenvalue weighted by Crippen LogP contribution is -2.40. The fourth-order valence-electron chi connectivity index (χ4n) is 1.63. The molecule has 2 fully saturated rings. The van der Waals surface area contributed by atoms with E-state index in [1.54, 1.807) is 7.05 Å². The number of aliphatic imine (C=N–C) groups is 1. The molecule has 0 radical (unpaired) electrons. The minimum atomic E-state index is 0.735. The van der Waals surface area contributed by atoms with E-state index in [0.29, 0.717) is 0 Å². The smallest absolute Gasteiger partial charge is 0.190 e. The highest BCUT2D eigenvalue weighted by atomic mass is 15.3. The molecule has 2 aliphatic carbocycles. The number of hydrogen-bond acceptors (Lipinski definition) is 1. The molecule has 2 rings (SSSR count). The number of guanidine groups is 1. The second-order valence-corrected chi connectivity index (χ2v) is 4.37. The molecule has 2 N–H and O–H groups in total. The van der Waals surface area contributed by atoms with Gasteiger partial charge in [0.25, 0.3) is 0 Å². The van der Waals surface area contributed by atoms with Gasteiger partial charge in [0.1, 0.15) is 0 Å². The molecule has 0 saturated heterocycles. The lowest BCUT2D eigenvalue weighted by atomic mass is 10.3. The van der Waals surface area contributed by atoms with Gasteiger partial charge >= 0.3 is 0 Å². The molecule has 2 aliphatic rings. The Balaban J connectivity index is 1.83. The molecule has 0 aromatic carbocycles. The Morgan fingerprint density at radius 1 is 1.23 bits per heavy atom. The zero-order chi connectivity index (χ0) is 9.26. The SMILES string of the molecule is CN=C(N)N(CC1CC1)CC1CC1. The van der Waals surface area contributed by atoms with Gasteiger partial charge in [-0.2, -0.15) is 0 Å².